The van der Waals surface area contributed by atoms with E-state index in [1.807, 2.05) is 12.1 Å². The number of rotatable bonds is 12. The molecular formula is C22H28N6O4. The number of hydrogen-bond donors (Lipinski definition) is 7. The van der Waals surface area contributed by atoms with Crippen LogP contribution in [0.2, 0.25) is 0 Å². The van der Waals surface area contributed by atoms with Crippen molar-refractivity contribution < 1.29 is 20.1 Å². The molecule has 0 aliphatic heterocycles. The Bertz CT molecular complexity index is 1110. The fraction of sp³-hybridized carbons (Fsp3) is 0.364. The van der Waals surface area contributed by atoms with Gasteiger partial charge in [0.1, 0.15) is 11.4 Å². The first-order chi connectivity index (χ1) is 15.7. The van der Waals surface area contributed by atoms with Crippen molar-refractivity contribution in [2.45, 2.75) is 0 Å². The summed E-state index contributed by atoms with van der Waals surface area (Å²) in [5.74, 6) is -0.312. The number of aromatic hydroxyl groups is 1. The molecular weight excluding hydrogens is 412 g/mol. The first-order valence-corrected chi connectivity index (χ1v) is 10.7. The molecule has 0 atom stereocenters. The average Bonchev–Trinajstić information content (AvgIpc) is 3.16. The van der Waals surface area contributed by atoms with Crippen molar-refractivity contribution in [3.05, 3.63) is 41.5 Å². The minimum Gasteiger partial charge on any atom is -0.507 e. The Morgan fingerprint density at radius 2 is 1.62 bits per heavy atom. The molecule has 32 heavy (non-hydrogen) atoms. The Kier molecular flexibility index (Phi) is 6.86. The van der Waals surface area contributed by atoms with E-state index in [1.165, 1.54) is 6.07 Å². The monoisotopic (exact) mass is 440 g/mol. The van der Waals surface area contributed by atoms with Crippen LogP contribution in [0, 0.1) is 0 Å². The van der Waals surface area contributed by atoms with Crippen molar-refractivity contribution in [2.24, 2.45) is 0 Å². The molecule has 4 rings (SSSR count). The highest BCUT2D eigenvalue weighted by atomic mass is 16.3. The third-order valence-electron chi connectivity index (χ3n) is 5.36. The molecule has 0 spiro atoms. The fourth-order valence-electron chi connectivity index (χ4n) is 3.95. The summed E-state index contributed by atoms with van der Waals surface area (Å²) in [5.41, 5.74) is 6.66. The van der Waals surface area contributed by atoms with Crippen LogP contribution in [0.1, 0.15) is 15.9 Å². The number of hydrogen-bond acceptors (Lipinski definition) is 9. The van der Waals surface area contributed by atoms with Crippen molar-refractivity contribution in [1.29, 1.82) is 0 Å². The van der Waals surface area contributed by atoms with E-state index >= 15 is 0 Å². The zero-order valence-corrected chi connectivity index (χ0v) is 17.7. The molecule has 0 bridgehead atoms. The number of ketones is 1. The van der Waals surface area contributed by atoms with E-state index in [4.69, 9.17) is 15.3 Å². The molecule has 0 amide bonds. The molecule has 7 N–H and O–H groups in total. The molecule has 0 unspecified atom stereocenters. The predicted octanol–water partition coefficient (Wildman–Crippen LogP) is 0.0725. The van der Waals surface area contributed by atoms with Gasteiger partial charge in [0.05, 0.1) is 29.9 Å². The Balaban J connectivity index is 1.71. The van der Waals surface area contributed by atoms with Gasteiger partial charge in [-0.3, -0.25) is 4.79 Å². The van der Waals surface area contributed by atoms with Gasteiger partial charge in [0.2, 0.25) is 0 Å². The van der Waals surface area contributed by atoms with Gasteiger partial charge in [-0.05, 0) is 18.2 Å². The van der Waals surface area contributed by atoms with E-state index < -0.39 is 0 Å². The van der Waals surface area contributed by atoms with Crippen molar-refractivity contribution in [2.75, 3.05) is 63.2 Å². The third-order valence-corrected chi connectivity index (χ3v) is 5.36. The topological polar surface area (TPSA) is 144 Å². The Labute approximate surface area is 185 Å². The van der Waals surface area contributed by atoms with Crippen LogP contribution in [0.25, 0.3) is 22.2 Å². The maximum Gasteiger partial charge on any atom is 0.200 e. The van der Waals surface area contributed by atoms with Crippen LogP contribution in [-0.4, -0.2) is 83.5 Å². The van der Waals surface area contributed by atoms with Crippen LogP contribution in [0.5, 0.6) is 5.75 Å². The van der Waals surface area contributed by atoms with Crippen LogP contribution in [-0.2, 0) is 0 Å². The second-order valence-corrected chi connectivity index (χ2v) is 7.45. The largest absolute Gasteiger partial charge is 0.507 e. The van der Waals surface area contributed by atoms with Gasteiger partial charge >= 0.3 is 0 Å². The fourth-order valence-corrected chi connectivity index (χ4v) is 3.95. The first-order valence-electron chi connectivity index (χ1n) is 10.7. The first kappa shape index (κ1) is 22.0. The summed E-state index contributed by atoms with van der Waals surface area (Å²) in [5, 5.41) is 43.2. The van der Waals surface area contributed by atoms with Gasteiger partial charge in [-0.25, -0.2) is 0 Å². The Hall–Kier alpha value is -3.18. The van der Waals surface area contributed by atoms with Crippen LogP contribution in [0.4, 0.5) is 5.69 Å². The van der Waals surface area contributed by atoms with E-state index in [0.717, 1.165) is 10.9 Å². The van der Waals surface area contributed by atoms with E-state index in [1.54, 1.807) is 16.9 Å². The molecule has 1 heterocycles. The van der Waals surface area contributed by atoms with E-state index in [9.17, 15) is 9.90 Å². The molecule has 0 radical (unpaired) electrons. The van der Waals surface area contributed by atoms with Gasteiger partial charge < -0.3 is 36.7 Å². The summed E-state index contributed by atoms with van der Waals surface area (Å²) in [6, 6.07) is 8.77. The minimum atomic E-state index is -0.244. The molecule has 10 nitrogen and oxygen atoms in total. The number of carbonyl (C=O) groups is 1. The molecule has 1 aliphatic carbocycles. The lowest BCUT2D eigenvalue weighted by Crippen LogP contribution is -2.29. The highest BCUT2D eigenvalue weighted by Gasteiger charge is 2.33. The van der Waals surface area contributed by atoms with Gasteiger partial charge in [0, 0.05) is 55.9 Å². The second-order valence-electron chi connectivity index (χ2n) is 7.45. The number of phenolic OH excluding ortho intramolecular Hbond substituents is 1. The smallest absolute Gasteiger partial charge is 0.200 e. The maximum absolute atomic E-state index is 13.5. The highest BCUT2D eigenvalue weighted by molar-refractivity contribution is 6.28. The van der Waals surface area contributed by atoms with Gasteiger partial charge in [0.25, 0.3) is 0 Å². The quantitative estimate of drug-likeness (QED) is 0.152. The molecule has 1 aliphatic rings. The molecule has 10 heteroatoms. The van der Waals surface area contributed by atoms with Crippen molar-refractivity contribution >= 4 is 22.4 Å². The summed E-state index contributed by atoms with van der Waals surface area (Å²) in [7, 11) is 0. The molecule has 0 fully saturated rings. The van der Waals surface area contributed by atoms with E-state index in [0.29, 0.717) is 61.8 Å². The van der Waals surface area contributed by atoms with Crippen LogP contribution in [0.15, 0.2) is 30.3 Å². The lowest BCUT2D eigenvalue weighted by Gasteiger charge is -2.19. The number of aliphatic hydroxyl groups is 2. The van der Waals surface area contributed by atoms with Crippen LogP contribution < -0.4 is 21.4 Å². The molecule has 0 saturated carbocycles. The highest BCUT2D eigenvalue weighted by Crippen LogP contribution is 2.44. The number of carbonyl (C=O) groups excluding carboxylic acids is 1. The zero-order chi connectivity index (χ0) is 22.5. The van der Waals surface area contributed by atoms with Gasteiger partial charge in [-0.15, -0.1) is 0 Å². The minimum absolute atomic E-state index is 0.0663. The van der Waals surface area contributed by atoms with E-state index in [2.05, 4.69) is 21.4 Å². The van der Waals surface area contributed by atoms with Crippen molar-refractivity contribution in [3.63, 3.8) is 0 Å². The molecule has 0 saturated heterocycles. The Morgan fingerprint density at radius 1 is 0.875 bits per heavy atom. The Morgan fingerprint density at radius 3 is 2.38 bits per heavy atom. The third kappa shape index (κ3) is 4.13. The normalized spacial score (nSPS) is 12.2. The summed E-state index contributed by atoms with van der Waals surface area (Å²) >= 11 is 0. The van der Waals surface area contributed by atoms with Crippen molar-refractivity contribution in [1.82, 2.24) is 20.5 Å². The number of nitrogens with one attached hydrogen (secondary N) is 4. The van der Waals surface area contributed by atoms with E-state index in [-0.39, 0.29) is 30.3 Å². The number of anilines is 1. The SMILES string of the molecule is O=C1c2c(O)cccc2-c2nn(NCCNCCO)c3ccc(NCCNCCO)c1c23. The molecule has 2 aromatic carbocycles. The molecule has 170 valence electrons. The lowest BCUT2D eigenvalue weighted by atomic mass is 9.86. The molecule has 1 aromatic heterocycles. The predicted molar refractivity (Wildman–Crippen MR) is 123 cm³/mol. The number of benzene rings is 2. The second kappa shape index (κ2) is 9.96. The number of aliphatic hydroxyl groups excluding tert-OH is 2. The summed E-state index contributed by atoms with van der Waals surface area (Å²) < 4.78 is 0. The average molecular weight is 441 g/mol. The standard InChI is InChI=1S/C22H28N6O4/c29-12-10-23-6-8-25-15-4-5-16-20-19(15)22(32)18-14(2-1-3-17(18)31)21(20)27-28(16)26-9-7-24-11-13-30/h1-5,23-26,29-31H,6-13H2. The summed E-state index contributed by atoms with van der Waals surface area (Å²) in [4.78, 5) is 15.1. The number of fused-ring (bicyclic) bond motifs is 2. The van der Waals surface area contributed by atoms with Crippen LogP contribution in [0.3, 0.4) is 0 Å². The van der Waals surface area contributed by atoms with Gasteiger partial charge in [0.15, 0.2) is 5.78 Å². The summed E-state index contributed by atoms with van der Waals surface area (Å²) in [6.07, 6.45) is 0. The number of nitrogens with zero attached hydrogens (tertiary/aromatic N) is 2. The van der Waals surface area contributed by atoms with Crippen LogP contribution >= 0.6 is 0 Å². The number of phenols is 1. The maximum atomic E-state index is 13.5. The summed E-state index contributed by atoms with van der Waals surface area (Å²) in [6.45, 7) is 3.57. The van der Waals surface area contributed by atoms with Gasteiger partial charge in [-0.2, -0.15) is 9.89 Å². The number of aromatic nitrogens is 2. The zero-order valence-electron chi connectivity index (χ0n) is 17.7. The molecule has 3 aromatic rings. The van der Waals surface area contributed by atoms with Gasteiger partial charge in [-0.1, -0.05) is 12.1 Å². The van der Waals surface area contributed by atoms with Crippen molar-refractivity contribution in [3.8, 4) is 17.0 Å². The lowest BCUT2D eigenvalue weighted by molar-refractivity contribution is 0.103.